The van der Waals surface area contributed by atoms with Gasteiger partial charge in [-0.25, -0.2) is 8.42 Å². The highest BCUT2D eigenvalue weighted by Crippen LogP contribution is 2.19. The van der Waals surface area contributed by atoms with Gasteiger partial charge in [-0.2, -0.15) is 0 Å². The van der Waals surface area contributed by atoms with Crippen LogP contribution < -0.4 is 11.1 Å². The minimum atomic E-state index is -3.18. The van der Waals surface area contributed by atoms with Crippen molar-refractivity contribution in [3.63, 3.8) is 0 Å². The lowest BCUT2D eigenvalue weighted by atomic mass is 10.1. The van der Waals surface area contributed by atoms with Crippen molar-refractivity contribution in [2.75, 3.05) is 13.6 Å². The van der Waals surface area contributed by atoms with Gasteiger partial charge in [0.25, 0.3) is 0 Å². The van der Waals surface area contributed by atoms with Gasteiger partial charge in [-0.1, -0.05) is 12.1 Å². The minimum absolute atomic E-state index is 0.0609. The summed E-state index contributed by atoms with van der Waals surface area (Å²) in [6.07, 6.45) is 0. The number of rotatable bonds is 5. The lowest BCUT2D eigenvalue weighted by Gasteiger charge is -2.15. The molecule has 0 amide bonds. The van der Waals surface area contributed by atoms with Crippen LogP contribution in [0.3, 0.4) is 0 Å². The summed E-state index contributed by atoms with van der Waals surface area (Å²) in [5.41, 5.74) is 6.60. The van der Waals surface area contributed by atoms with Crippen molar-refractivity contribution in [1.29, 1.82) is 0 Å². The Hall–Kier alpha value is -0.910. The highest BCUT2D eigenvalue weighted by molar-refractivity contribution is 7.92. The molecule has 0 saturated heterocycles. The van der Waals surface area contributed by atoms with Crippen molar-refractivity contribution in [2.45, 2.75) is 30.0 Å². The Kier molecular flexibility index (Phi) is 4.68. The zero-order valence-corrected chi connectivity index (χ0v) is 11.3. The largest absolute Gasteiger partial charge is 0.329 e. The molecule has 1 rings (SSSR count). The highest BCUT2D eigenvalue weighted by Gasteiger charge is 2.19. The van der Waals surface area contributed by atoms with Crippen LogP contribution in [-0.4, -0.2) is 27.3 Å². The summed E-state index contributed by atoms with van der Waals surface area (Å²) in [7, 11) is -1.35. The standard InChI is InChI=1S/C12H20N2O2S/c1-9(2)17(15,16)11-6-4-10(5-7-11)12(8-13)14-3/h4-7,9,12,14H,8,13H2,1-3H3. The molecule has 5 heteroatoms. The van der Waals surface area contributed by atoms with Crippen LogP contribution in [0, 0.1) is 0 Å². The monoisotopic (exact) mass is 256 g/mol. The van der Waals surface area contributed by atoms with Crippen LogP contribution in [0.25, 0.3) is 0 Å². The lowest BCUT2D eigenvalue weighted by Crippen LogP contribution is -2.24. The molecule has 3 N–H and O–H groups in total. The maximum Gasteiger partial charge on any atom is 0.180 e. The molecule has 1 aromatic rings. The van der Waals surface area contributed by atoms with Gasteiger partial charge in [0, 0.05) is 12.6 Å². The zero-order chi connectivity index (χ0) is 13.1. The van der Waals surface area contributed by atoms with E-state index in [1.165, 1.54) is 0 Å². The Labute approximate surface area is 103 Å². The molecule has 4 nitrogen and oxygen atoms in total. The molecule has 0 bridgehead atoms. The second-order valence-electron chi connectivity index (χ2n) is 4.24. The fourth-order valence-electron chi connectivity index (χ4n) is 1.58. The molecule has 1 aromatic carbocycles. The van der Waals surface area contributed by atoms with Gasteiger partial charge in [0.05, 0.1) is 10.1 Å². The van der Waals surface area contributed by atoms with Crippen molar-refractivity contribution >= 4 is 9.84 Å². The van der Waals surface area contributed by atoms with Gasteiger partial charge in [0.1, 0.15) is 0 Å². The first kappa shape index (κ1) is 14.2. The molecule has 0 spiro atoms. The van der Waals surface area contributed by atoms with E-state index in [0.29, 0.717) is 11.4 Å². The van der Waals surface area contributed by atoms with Gasteiger partial charge >= 0.3 is 0 Å². The highest BCUT2D eigenvalue weighted by atomic mass is 32.2. The lowest BCUT2D eigenvalue weighted by molar-refractivity contribution is 0.586. The topological polar surface area (TPSA) is 72.2 Å². The van der Waals surface area contributed by atoms with Crippen molar-refractivity contribution in [3.05, 3.63) is 29.8 Å². The number of nitrogens with one attached hydrogen (secondary N) is 1. The minimum Gasteiger partial charge on any atom is -0.329 e. The SMILES string of the molecule is CNC(CN)c1ccc(S(=O)(=O)C(C)C)cc1. The third kappa shape index (κ3) is 3.06. The van der Waals surface area contributed by atoms with Crippen LogP contribution in [0.15, 0.2) is 29.2 Å². The number of likely N-dealkylation sites (N-methyl/N-ethyl adjacent to an activating group) is 1. The van der Waals surface area contributed by atoms with Gasteiger partial charge < -0.3 is 11.1 Å². The van der Waals surface area contributed by atoms with Gasteiger partial charge in [0.15, 0.2) is 9.84 Å². The average Bonchev–Trinajstić information content (AvgIpc) is 2.31. The van der Waals surface area contributed by atoms with E-state index < -0.39 is 15.1 Å². The molecule has 0 heterocycles. The van der Waals surface area contributed by atoms with Crippen LogP contribution in [-0.2, 0) is 9.84 Å². The predicted molar refractivity (Wildman–Crippen MR) is 69.6 cm³/mol. The Morgan fingerprint density at radius 2 is 1.76 bits per heavy atom. The first-order valence-corrected chi connectivity index (χ1v) is 7.19. The Morgan fingerprint density at radius 3 is 2.12 bits per heavy atom. The molecular weight excluding hydrogens is 236 g/mol. The third-order valence-corrected chi connectivity index (χ3v) is 4.99. The Bertz CT molecular complexity index is 448. The molecule has 0 aliphatic rings. The Balaban J connectivity index is 3.04. The molecule has 0 fully saturated rings. The van der Waals surface area contributed by atoms with E-state index in [0.717, 1.165) is 5.56 Å². The molecular formula is C12H20N2O2S. The van der Waals surface area contributed by atoms with E-state index in [2.05, 4.69) is 5.32 Å². The number of nitrogens with two attached hydrogens (primary N) is 1. The van der Waals surface area contributed by atoms with Crippen LogP contribution in [0.1, 0.15) is 25.5 Å². The molecule has 0 aromatic heterocycles. The Morgan fingerprint density at radius 1 is 1.24 bits per heavy atom. The second-order valence-corrected chi connectivity index (χ2v) is 6.74. The van der Waals surface area contributed by atoms with Gasteiger partial charge in [-0.05, 0) is 38.6 Å². The second kappa shape index (κ2) is 5.62. The van der Waals surface area contributed by atoms with Gasteiger partial charge in [0.2, 0.25) is 0 Å². The fraction of sp³-hybridized carbons (Fsp3) is 0.500. The molecule has 1 atom stereocenters. The summed E-state index contributed by atoms with van der Waals surface area (Å²) in [4.78, 5) is 0.364. The maximum absolute atomic E-state index is 11.9. The fourth-order valence-corrected chi connectivity index (χ4v) is 2.64. The summed E-state index contributed by atoms with van der Waals surface area (Å²) in [6, 6.07) is 6.97. The average molecular weight is 256 g/mol. The first-order chi connectivity index (χ1) is 7.93. The van der Waals surface area contributed by atoms with Crippen molar-refractivity contribution in [3.8, 4) is 0 Å². The van der Waals surface area contributed by atoms with Gasteiger partial charge in [-0.3, -0.25) is 0 Å². The summed E-state index contributed by atoms with van der Waals surface area (Å²) >= 11 is 0. The third-order valence-electron chi connectivity index (χ3n) is 2.82. The van der Waals surface area contributed by atoms with E-state index in [1.54, 1.807) is 26.0 Å². The maximum atomic E-state index is 11.9. The van der Waals surface area contributed by atoms with Crippen LogP contribution in [0.4, 0.5) is 0 Å². The van der Waals surface area contributed by atoms with E-state index in [4.69, 9.17) is 5.73 Å². The number of hydrogen-bond acceptors (Lipinski definition) is 4. The number of benzene rings is 1. The normalized spacial score (nSPS) is 13.9. The summed E-state index contributed by atoms with van der Waals surface area (Å²) in [5, 5.41) is 2.67. The molecule has 96 valence electrons. The summed E-state index contributed by atoms with van der Waals surface area (Å²) in [5.74, 6) is 0. The molecule has 0 aliphatic carbocycles. The molecule has 0 radical (unpaired) electrons. The van der Waals surface area contributed by atoms with Crippen LogP contribution in [0.2, 0.25) is 0 Å². The molecule has 0 saturated carbocycles. The molecule has 0 aliphatic heterocycles. The molecule has 17 heavy (non-hydrogen) atoms. The van der Waals surface area contributed by atoms with E-state index in [9.17, 15) is 8.42 Å². The van der Waals surface area contributed by atoms with Gasteiger partial charge in [-0.15, -0.1) is 0 Å². The predicted octanol–water partition coefficient (Wildman–Crippen LogP) is 1.09. The van der Waals surface area contributed by atoms with Crippen molar-refractivity contribution in [2.24, 2.45) is 5.73 Å². The summed E-state index contributed by atoms with van der Waals surface area (Å²) in [6.45, 7) is 3.84. The quantitative estimate of drug-likeness (QED) is 0.827. The number of hydrogen-bond donors (Lipinski definition) is 2. The smallest absolute Gasteiger partial charge is 0.180 e. The van der Waals surface area contributed by atoms with E-state index >= 15 is 0 Å². The van der Waals surface area contributed by atoms with Crippen LogP contribution in [0.5, 0.6) is 0 Å². The first-order valence-electron chi connectivity index (χ1n) is 5.64. The van der Waals surface area contributed by atoms with E-state index in [1.807, 2.05) is 19.2 Å². The van der Waals surface area contributed by atoms with E-state index in [-0.39, 0.29) is 6.04 Å². The van der Waals surface area contributed by atoms with Crippen LogP contribution >= 0.6 is 0 Å². The summed E-state index contributed by atoms with van der Waals surface area (Å²) < 4.78 is 23.8. The zero-order valence-electron chi connectivity index (χ0n) is 10.5. The van der Waals surface area contributed by atoms with Crippen molar-refractivity contribution < 1.29 is 8.42 Å². The van der Waals surface area contributed by atoms with Crippen molar-refractivity contribution in [1.82, 2.24) is 5.32 Å². The molecule has 1 unspecified atom stereocenters. The number of sulfone groups is 1.